The molecule has 0 aliphatic rings. The first-order valence-electron chi connectivity index (χ1n) is 7.07. The van der Waals surface area contributed by atoms with E-state index in [0.29, 0.717) is 13.1 Å². The van der Waals surface area contributed by atoms with Crippen molar-refractivity contribution in [1.29, 1.82) is 0 Å². The van der Waals surface area contributed by atoms with Crippen LogP contribution in [0, 0.1) is 6.92 Å². The van der Waals surface area contributed by atoms with Crippen LogP contribution in [0.25, 0.3) is 0 Å². The number of aromatic nitrogens is 2. The second-order valence-electron chi connectivity index (χ2n) is 4.77. The second-order valence-corrected chi connectivity index (χ2v) is 7.03. The number of rotatable bonds is 9. The van der Waals surface area contributed by atoms with E-state index in [2.05, 4.69) is 11.9 Å². The Morgan fingerprint density at radius 3 is 2.55 bits per heavy atom. The van der Waals surface area contributed by atoms with Crippen LogP contribution >= 0.6 is 11.6 Å². The smallest absolute Gasteiger partial charge is 0.262 e. The predicted molar refractivity (Wildman–Crippen MR) is 81.6 cm³/mol. The van der Waals surface area contributed by atoms with Crippen LogP contribution in [0.4, 0.5) is 0 Å². The molecule has 0 saturated heterocycles. The molecule has 0 N–H and O–H groups in total. The summed E-state index contributed by atoms with van der Waals surface area (Å²) in [4.78, 5) is 4.20. The quantitative estimate of drug-likeness (QED) is 0.657. The van der Waals surface area contributed by atoms with Gasteiger partial charge in [0, 0.05) is 31.7 Å². The van der Waals surface area contributed by atoms with E-state index < -0.39 is 10.0 Å². The van der Waals surface area contributed by atoms with Crippen molar-refractivity contribution < 1.29 is 8.42 Å². The van der Waals surface area contributed by atoms with Crippen LogP contribution in [0.15, 0.2) is 11.2 Å². The maximum absolute atomic E-state index is 12.6. The van der Waals surface area contributed by atoms with Gasteiger partial charge in [-0.3, -0.25) is 0 Å². The van der Waals surface area contributed by atoms with Gasteiger partial charge in [0.05, 0.1) is 0 Å². The molecule has 0 aliphatic heterocycles. The van der Waals surface area contributed by atoms with Gasteiger partial charge in [-0.15, -0.1) is 11.6 Å². The Hall–Kier alpha value is -0.590. The van der Waals surface area contributed by atoms with Crippen molar-refractivity contribution in [2.75, 3.05) is 19.0 Å². The zero-order valence-corrected chi connectivity index (χ0v) is 14.0. The van der Waals surface area contributed by atoms with Gasteiger partial charge in [-0.25, -0.2) is 13.4 Å². The van der Waals surface area contributed by atoms with E-state index in [1.807, 2.05) is 18.4 Å². The first kappa shape index (κ1) is 17.5. The molecule has 1 heterocycles. The Balaban J connectivity index is 3.02. The number of halogens is 1. The number of nitrogens with zero attached hydrogens (tertiary/aromatic N) is 3. The van der Waals surface area contributed by atoms with Crippen LogP contribution in [0.1, 0.15) is 38.9 Å². The fraction of sp³-hybridized carbons (Fsp3) is 0.769. The topological polar surface area (TPSA) is 55.2 Å². The molecule has 20 heavy (non-hydrogen) atoms. The molecule has 0 spiro atoms. The molecule has 5 nitrogen and oxygen atoms in total. The first-order chi connectivity index (χ1) is 9.47. The summed E-state index contributed by atoms with van der Waals surface area (Å²) in [6, 6.07) is 0. The van der Waals surface area contributed by atoms with Crippen LogP contribution in [0.2, 0.25) is 0 Å². The Bertz CT molecular complexity index is 514. The fourth-order valence-corrected chi connectivity index (χ4v) is 3.76. The van der Waals surface area contributed by atoms with E-state index in [0.717, 1.165) is 31.6 Å². The molecule has 7 heteroatoms. The minimum absolute atomic E-state index is 0.129. The standard InChI is InChI=1S/C13H24ClN3O2S/c1-4-6-9-17(10-7-14)20(18,19)13-11-16(8-5-2)12(3)15-13/h11H,4-10H2,1-3H3. The van der Waals surface area contributed by atoms with Crippen LogP contribution < -0.4 is 0 Å². The Morgan fingerprint density at radius 2 is 2.00 bits per heavy atom. The molecule has 1 aromatic heterocycles. The average Bonchev–Trinajstić information content (AvgIpc) is 2.77. The molecule has 0 radical (unpaired) electrons. The highest BCUT2D eigenvalue weighted by molar-refractivity contribution is 7.89. The molecule has 0 aliphatic carbocycles. The third-order valence-corrected chi connectivity index (χ3v) is 5.06. The van der Waals surface area contributed by atoms with E-state index in [9.17, 15) is 8.42 Å². The Labute approximate surface area is 127 Å². The maximum Gasteiger partial charge on any atom is 0.262 e. The van der Waals surface area contributed by atoms with Gasteiger partial charge in [-0.05, 0) is 19.8 Å². The molecule has 0 amide bonds. The molecule has 0 atom stereocenters. The Morgan fingerprint density at radius 1 is 1.30 bits per heavy atom. The third-order valence-electron chi connectivity index (χ3n) is 3.12. The van der Waals surface area contributed by atoms with Crippen LogP contribution in [0.5, 0.6) is 0 Å². The third kappa shape index (κ3) is 4.20. The maximum atomic E-state index is 12.6. The van der Waals surface area contributed by atoms with Crippen molar-refractivity contribution in [2.24, 2.45) is 0 Å². The lowest BCUT2D eigenvalue weighted by atomic mass is 10.3. The lowest BCUT2D eigenvalue weighted by molar-refractivity contribution is 0.418. The van der Waals surface area contributed by atoms with Gasteiger partial charge in [0.2, 0.25) is 0 Å². The molecule has 0 fully saturated rings. The van der Waals surface area contributed by atoms with Crippen molar-refractivity contribution in [3.8, 4) is 0 Å². The van der Waals surface area contributed by atoms with Gasteiger partial charge in [-0.2, -0.15) is 4.31 Å². The fourth-order valence-electron chi connectivity index (χ4n) is 1.98. The molecule has 0 saturated carbocycles. The number of aryl methyl sites for hydroxylation is 2. The zero-order chi connectivity index (χ0) is 15.2. The van der Waals surface area contributed by atoms with E-state index >= 15 is 0 Å². The molecular formula is C13H24ClN3O2S. The Kier molecular flexibility index (Phi) is 6.99. The van der Waals surface area contributed by atoms with E-state index in [-0.39, 0.29) is 10.9 Å². The van der Waals surface area contributed by atoms with Gasteiger partial charge in [0.1, 0.15) is 5.82 Å². The molecule has 0 unspecified atom stereocenters. The molecule has 116 valence electrons. The summed E-state index contributed by atoms with van der Waals surface area (Å²) in [6.45, 7) is 7.50. The summed E-state index contributed by atoms with van der Waals surface area (Å²) in [7, 11) is -3.54. The summed E-state index contributed by atoms with van der Waals surface area (Å²) in [5, 5.41) is 0.129. The van der Waals surface area contributed by atoms with Crippen molar-refractivity contribution in [3.05, 3.63) is 12.0 Å². The van der Waals surface area contributed by atoms with Crippen molar-refractivity contribution in [3.63, 3.8) is 0 Å². The van der Waals surface area contributed by atoms with Gasteiger partial charge < -0.3 is 4.57 Å². The minimum atomic E-state index is -3.54. The molecule has 1 aromatic rings. The van der Waals surface area contributed by atoms with Crippen LogP contribution in [-0.2, 0) is 16.6 Å². The summed E-state index contributed by atoms with van der Waals surface area (Å²) in [5.74, 6) is 1.02. The highest BCUT2D eigenvalue weighted by atomic mass is 35.5. The highest BCUT2D eigenvalue weighted by Gasteiger charge is 2.26. The average molecular weight is 322 g/mol. The van der Waals surface area contributed by atoms with Gasteiger partial charge >= 0.3 is 0 Å². The molecule has 0 aromatic carbocycles. The van der Waals surface area contributed by atoms with Crippen molar-refractivity contribution in [1.82, 2.24) is 13.9 Å². The SMILES string of the molecule is CCCCN(CCCl)S(=O)(=O)c1cn(CCC)c(C)n1. The van der Waals surface area contributed by atoms with E-state index in [4.69, 9.17) is 11.6 Å². The number of hydrogen-bond acceptors (Lipinski definition) is 3. The number of imidazole rings is 1. The zero-order valence-electron chi connectivity index (χ0n) is 12.5. The molecule has 0 bridgehead atoms. The number of unbranched alkanes of at least 4 members (excludes halogenated alkanes) is 1. The second kappa shape index (κ2) is 8.00. The van der Waals surface area contributed by atoms with E-state index in [1.165, 1.54) is 4.31 Å². The number of alkyl halides is 1. The van der Waals surface area contributed by atoms with E-state index in [1.54, 1.807) is 6.20 Å². The molecular weight excluding hydrogens is 298 g/mol. The van der Waals surface area contributed by atoms with Gasteiger partial charge in [0.15, 0.2) is 5.03 Å². The monoisotopic (exact) mass is 321 g/mol. The van der Waals surface area contributed by atoms with Crippen LogP contribution in [-0.4, -0.2) is 41.2 Å². The summed E-state index contributed by atoms with van der Waals surface area (Å²) >= 11 is 5.72. The van der Waals surface area contributed by atoms with Crippen molar-refractivity contribution >= 4 is 21.6 Å². The largest absolute Gasteiger partial charge is 0.334 e. The lowest BCUT2D eigenvalue weighted by Crippen LogP contribution is -2.34. The van der Waals surface area contributed by atoms with Crippen LogP contribution in [0.3, 0.4) is 0 Å². The first-order valence-corrected chi connectivity index (χ1v) is 9.04. The number of hydrogen-bond donors (Lipinski definition) is 0. The summed E-state index contributed by atoms with van der Waals surface area (Å²) in [6.07, 6.45) is 4.33. The van der Waals surface area contributed by atoms with Crippen molar-refractivity contribution in [2.45, 2.75) is 51.6 Å². The number of sulfonamides is 1. The summed E-state index contributed by atoms with van der Waals surface area (Å²) in [5.41, 5.74) is 0. The predicted octanol–water partition coefficient (Wildman–Crippen LogP) is 2.63. The normalized spacial score (nSPS) is 12.2. The lowest BCUT2D eigenvalue weighted by Gasteiger charge is -2.19. The highest BCUT2D eigenvalue weighted by Crippen LogP contribution is 2.16. The van der Waals surface area contributed by atoms with Gasteiger partial charge in [-0.1, -0.05) is 20.3 Å². The van der Waals surface area contributed by atoms with Gasteiger partial charge in [0.25, 0.3) is 10.0 Å². The molecule has 1 rings (SSSR count). The minimum Gasteiger partial charge on any atom is -0.334 e. The summed E-state index contributed by atoms with van der Waals surface area (Å²) < 4.78 is 28.5.